The van der Waals surface area contributed by atoms with E-state index in [-0.39, 0.29) is 6.01 Å². The number of aryl methyl sites for hydroxylation is 2. The van der Waals surface area contributed by atoms with E-state index >= 15 is 0 Å². The minimum absolute atomic E-state index is 0.0394. The molecule has 0 aliphatic carbocycles. The van der Waals surface area contributed by atoms with Crippen molar-refractivity contribution in [3.05, 3.63) is 5.82 Å². The summed E-state index contributed by atoms with van der Waals surface area (Å²) in [5.74, 6) is 0.588. The first-order valence-corrected chi connectivity index (χ1v) is 2.27. The van der Waals surface area contributed by atoms with Crippen molar-refractivity contribution in [1.82, 2.24) is 14.8 Å². The molecule has 0 fully saturated rings. The Morgan fingerprint density at radius 1 is 1.62 bits per heavy atom. The highest BCUT2D eigenvalue weighted by molar-refractivity contribution is 4.92. The molecule has 1 aromatic heterocycles. The van der Waals surface area contributed by atoms with Crippen molar-refractivity contribution in [2.75, 3.05) is 0 Å². The number of hydrogen-bond acceptors (Lipinski definition) is 3. The van der Waals surface area contributed by atoms with Gasteiger partial charge in [0.15, 0.2) is 5.82 Å². The SMILES string of the molecule is Cc1nc(O)n(C)n1. The molecule has 0 atom stereocenters. The van der Waals surface area contributed by atoms with E-state index in [0.717, 1.165) is 0 Å². The lowest BCUT2D eigenvalue weighted by atomic mass is 10.8. The number of rotatable bonds is 0. The Kier molecular flexibility index (Phi) is 0.932. The van der Waals surface area contributed by atoms with Gasteiger partial charge in [0.1, 0.15) is 0 Å². The minimum atomic E-state index is -0.0394. The van der Waals surface area contributed by atoms with E-state index in [1.807, 2.05) is 0 Å². The topological polar surface area (TPSA) is 50.9 Å². The van der Waals surface area contributed by atoms with Crippen LogP contribution in [0.3, 0.4) is 0 Å². The maximum Gasteiger partial charge on any atom is 0.312 e. The smallest absolute Gasteiger partial charge is 0.312 e. The van der Waals surface area contributed by atoms with Crippen molar-refractivity contribution in [3.63, 3.8) is 0 Å². The molecule has 8 heavy (non-hydrogen) atoms. The lowest BCUT2D eigenvalue weighted by molar-refractivity contribution is 0.402. The average molecular weight is 113 g/mol. The van der Waals surface area contributed by atoms with Crippen molar-refractivity contribution >= 4 is 0 Å². The maximum absolute atomic E-state index is 8.73. The zero-order valence-electron chi connectivity index (χ0n) is 4.79. The van der Waals surface area contributed by atoms with E-state index in [1.165, 1.54) is 4.68 Å². The van der Waals surface area contributed by atoms with E-state index in [1.54, 1.807) is 14.0 Å². The van der Waals surface area contributed by atoms with E-state index in [0.29, 0.717) is 5.82 Å². The van der Waals surface area contributed by atoms with Crippen LogP contribution in [0.15, 0.2) is 0 Å². The molecule has 0 unspecified atom stereocenters. The molecule has 0 aliphatic rings. The van der Waals surface area contributed by atoms with Gasteiger partial charge in [0.2, 0.25) is 0 Å². The van der Waals surface area contributed by atoms with Crippen LogP contribution < -0.4 is 0 Å². The van der Waals surface area contributed by atoms with Crippen LogP contribution >= 0.6 is 0 Å². The molecular formula is C4H7N3O. The first kappa shape index (κ1) is 5.08. The third kappa shape index (κ3) is 0.641. The molecule has 4 heteroatoms. The monoisotopic (exact) mass is 113 g/mol. The zero-order valence-corrected chi connectivity index (χ0v) is 4.79. The Bertz CT molecular complexity index is 174. The summed E-state index contributed by atoms with van der Waals surface area (Å²) < 4.78 is 1.31. The number of hydrogen-bond donors (Lipinski definition) is 1. The summed E-state index contributed by atoms with van der Waals surface area (Å²) >= 11 is 0. The Hall–Kier alpha value is -1.06. The second kappa shape index (κ2) is 1.47. The molecule has 1 aromatic rings. The lowest BCUT2D eigenvalue weighted by Crippen LogP contribution is -1.88. The highest BCUT2D eigenvalue weighted by Crippen LogP contribution is 1.99. The van der Waals surface area contributed by atoms with Crippen LogP contribution in [-0.4, -0.2) is 19.9 Å². The first-order valence-electron chi connectivity index (χ1n) is 2.27. The van der Waals surface area contributed by atoms with Gasteiger partial charge in [-0.05, 0) is 6.92 Å². The molecule has 44 valence electrons. The standard InChI is InChI=1S/C4H7N3O/c1-3-5-4(8)7(2)6-3/h1-2H3,(H,5,6,8). The third-order valence-electron chi connectivity index (χ3n) is 0.846. The van der Waals surface area contributed by atoms with Crippen molar-refractivity contribution in [2.45, 2.75) is 6.92 Å². The third-order valence-corrected chi connectivity index (χ3v) is 0.846. The van der Waals surface area contributed by atoms with Crippen LogP contribution in [-0.2, 0) is 7.05 Å². The lowest BCUT2D eigenvalue weighted by Gasteiger charge is -1.83. The fourth-order valence-electron chi connectivity index (χ4n) is 0.501. The number of aromatic nitrogens is 3. The Morgan fingerprint density at radius 3 is 2.38 bits per heavy atom. The van der Waals surface area contributed by atoms with Gasteiger partial charge in [-0.15, -0.1) is 0 Å². The fourth-order valence-corrected chi connectivity index (χ4v) is 0.501. The predicted molar refractivity (Wildman–Crippen MR) is 27.4 cm³/mol. The van der Waals surface area contributed by atoms with E-state index in [2.05, 4.69) is 10.1 Å². The van der Waals surface area contributed by atoms with E-state index in [4.69, 9.17) is 5.11 Å². The van der Waals surface area contributed by atoms with Gasteiger partial charge in [-0.1, -0.05) is 0 Å². The van der Waals surface area contributed by atoms with Gasteiger partial charge in [-0.2, -0.15) is 10.1 Å². The van der Waals surface area contributed by atoms with Gasteiger partial charge < -0.3 is 5.11 Å². The first-order chi connectivity index (χ1) is 3.70. The number of aromatic hydroxyl groups is 1. The second-order valence-corrected chi connectivity index (χ2v) is 1.58. The molecule has 1 N–H and O–H groups in total. The molecule has 1 heterocycles. The summed E-state index contributed by atoms with van der Waals surface area (Å²) in [5, 5.41) is 12.5. The van der Waals surface area contributed by atoms with Gasteiger partial charge >= 0.3 is 6.01 Å². The summed E-state index contributed by atoms with van der Waals surface area (Å²) in [5.41, 5.74) is 0. The molecule has 0 saturated carbocycles. The maximum atomic E-state index is 8.73. The van der Waals surface area contributed by atoms with E-state index in [9.17, 15) is 0 Å². The quantitative estimate of drug-likeness (QED) is 0.508. The highest BCUT2D eigenvalue weighted by Gasteiger charge is 1.96. The van der Waals surface area contributed by atoms with E-state index < -0.39 is 0 Å². The normalized spacial score (nSPS) is 9.75. The molecular weight excluding hydrogens is 106 g/mol. The Morgan fingerprint density at radius 2 is 2.25 bits per heavy atom. The Balaban J connectivity index is 3.14. The molecule has 0 aliphatic heterocycles. The summed E-state index contributed by atoms with van der Waals surface area (Å²) in [7, 11) is 1.63. The fraction of sp³-hybridized carbons (Fsp3) is 0.500. The Labute approximate surface area is 46.8 Å². The summed E-state index contributed by atoms with van der Waals surface area (Å²) in [6.45, 7) is 1.72. The molecule has 0 saturated heterocycles. The van der Waals surface area contributed by atoms with Crippen LogP contribution in [0.4, 0.5) is 0 Å². The summed E-state index contributed by atoms with van der Waals surface area (Å²) in [6.07, 6.45) is 0. The molecule has 1 rings (SSSR count). The van der Waals surface area contributed by atoms with Crippen molar-refractivity contribution < 1.29 is 5.11 Å². The van der Waals surface area contributed by atoms with Crippen molar-refractivity contribution in [1.29, 1.82) is 0 Å². The summed E-state index contributed by atoms with van der Waals surface area (Å²) in [6, 6.07) is -0.0394. The highest BCUT2D eigenvalue weighted by atomic mass is 16.3. The van der Waals surface area contributed by atoms with Gasteiger partial charge in [-0.3, -0.25) is 0 Å². The largest absolute Gasteiger partial charge is 0.479 e. The average Bonchev–Trinajstić information content (AvgIpc) is 1.85. The molecule has 0 aromatic carbocycles. The van der Waals surface area contributed by atoms with Gasteiger partial charge in [0, 0.05) is 7.05 Å². The second-order valence-electron chi connectivity index (χ2n) is 1.58. The molecule has 0 spiro atoms. The van der Waals surface area contributed by atoms with Gasteiger partial charge in [0.25, 0.3) is 0 Å². The van der Waals surface area contributed by atoms with Crippen LogP contribution in [0.2, 0.25) is 0 Å². The van der Waals surface area contributed by atoms with Gasteiger partial charge in [0.05, 0.1) is 0 Å². The number of nitrogens with zero attached hydrogens (tertiary/aromatic N) is 3. The van der Waals surface area contributed by atoms with Crippen molar-refractivity contribution in [3.8, 4) is 6.01 Å². The van der Waals surface area contributed by atoms with Crippen LogP contribution in [0.25, 0.3) is 0 Å². The molecule has 0 radical (unpaired) electrons. The predicted octanol–water partition coefficient (Wildman–Crippen LogP) is -0.171. The molecule has 0 bridgehead atoms. The van der Waals surface area contributed by atoms with Crippen LogP contribution in [0, 0.1) is 6.92 Å². The zero-order chi connectivity index (χ0) is 6.15. The summed E-state index contributed by atoms with van der Waals surface area (Å²) in [4.78, 5) is 3.62. The van der Waals surface area contributed by atoms with Crippen LogP contribution in [0.5, 0.6) is 6.01 Å². The van der Waals surface area contributed by atoms with Gasteiger partial charge in [-0.25, -0.2) is 4.68 Å². The van der Waals surface area contributed by atoms with Crippen molar-refractivity contribution in [2.24, 2.45) is 7.05 Å². The minimum Gasteiger partial charge on any atom is -0.479 e. The molecule has 0 amide bonds. The molecule has 4 nitrogen and oxygen atoms in total. The van der Waals surface area contributed by atoms with Crippen LogP contribution in [0.1, 0.15) is 5.82 Å².